The molecule has 1 aromatic carbocycles. The molecule has 0 aliphatic carbocycles. The fourth-order valence-electron chi connectivity index (χ4n) is 3.02. The molecule has 1 unspecified atom stereocenters. The molecule has 5 nitrogen and oxygen atoms in total. The van der Waals surface area contributed by atoms with Crippen molar-refractivity contribution in [3.05, 3.63) is 79.8 Å². The maximum absolute atomic E-state index is 13.0. The number of hydrogen-bond acceptors (Lipinski definition) is 4. The minimum absolute atomic E-state index is 0.292. The maximum Gasteiger partial charge on any atom is 0.339 e. The summed E-state index contributed by atoms with van der Waals surface area (Å²) >= 11 is 7.55. The molecule has 27 heavy (non-hydrogen) atoms. The first-order chi connectivity index (χ1) is 12.9. The lowest BCUT2D eigenvalue weighted by Gasteiger charge is -2.18. The smallest absolute Gasteiger partial charge is 0.339 e. The molecule has 0 saturated carbocycles. The van der Waals surface area contributed by atoms with Crippen LogP contribution in [0.1, 0.15) is 48.6 Å². The van der Waals surface area contributed by atoms with Crippen LogP contribution in [0.5, 0.6) is 0 Å². The lowest BCUT2D eigenvalue weighted by molar-refractivity contribution is 0.0599. The van der Waals surface area contributed by atoms with Crippen molar-refractivity contribution in [3.8, 4) is 0 Å². The van der Waals surface area contributed by atoms with Gasteiger partial charge in [-0.05, 0) is 48.6 Å². The van der Waals surface area contributed by atoms with Crippen molar-refractivity contribution in [2.75, 3.05) is 7.11 Å². The summed E-state index contributed by atoms with van der Waals surface area (Å²) in [7, 11) is 1.32. The molecule has 2 aromatic heterocycles. The number of carbonyl (C=O) groups excluding carboxylic acids is 2. The third-order valence-electron chi connectivity index (χ3n) is 4.36. The van der Waals surface area contributed by atoms with E-state index in [9.17, 15) is 9.59 Å². The molecule has 0 spiro atoms. The number of halogens is 1. The van der Waals surface area contributed by atoms with Crippen LogP contribution in [0.4, 0.5) is 0 Å². The Morgan fingerprint density at radius 1 is 1.19 bits per heavy atom. The first-order valence-corrected chi connectivity index (χ1v) is 9.55. The Morgan fingerprint density at radius 3 is 2.48 bits per heavy atom. The maximum atomic E-state index is 13.0. The Balaban J connectivity index is 1.94. The van der Waals surface area contributed by atoms with Gasteiger partial charge in [-0.3, -0.25) is 4.79 Å². The fourth-order valence-corrected chi connectivity index (χ4v) is 3.95. The van der Waals surface area contributed by atoms with Gasteiger partial charge < -0.3 is 15.0 Å². The molecule has 140 valence electrons. The summed E-state index contributed by atoms with van der Waals surface area (Å²) < 4.78 is 4.81. The molecular weight excluding hydrogens is 384 g/mol. The monoisotopic (exact) mass is 402 g/mol. The topological polar surface area (TPSA) is 71.2 Å². The highest BCUT2D eigenvalue weighted by molar-refractivity contribution is 7.10. The average molecular weight is 403 g/mol. The zero-order valence-electron chi connectivity index (χ0n) is 15.1. The van der Waals surface area contributed by atoms with Crippen molar-refractivity contribution < 1.29 is 14.3 Å². The fraction of sp³-hybridized carbons (Fsp3) is 0.200. The molecule has 0 saturated heterocycles. The minimum atomic E-state index is -0.465. The normalized spacial score (nSPS) is 11.9. The number of esters is 1. The van der Waals surface area contributed by atoms with Gasteiger partial charge in [0.15, 0.2) is 0 Å². The molecule has 0 fully saturated rings. The van der Waals surface area contributed by atoms with Crippen LogP contribution in [0.3, 0.4) is 0 Å². The van der Waals surface area contributed by atoms with Gasteiger partial charge in [0.05, 0.1) is 18.7 Å². The predicted molar refractivity (Wildman–Crippen MR) is 107 cm³/mol. The van der Waals surface area contributed by atoms with Gasteiger partial charge in [0, 0.05) is 15.6 Å². The Kier molecular flexibility index (Phi) is 5.68. The Labute approximate surface area is 166 Å². The van der Waals surface area contributed by atoms with E-state index in [1.54, 1.807) is 37.3 Å². The van der Waals surface area contributed by atoms with E-state index in [1.807, 2.05) is 29.6 Å². The van der Waals surface area contributed by atoms with Crippen LogP contribution < -0.4 is 5.32 Å². The largest absolute Gasteiger partial charge is 0.465 e. The number of amides is 1. The molecule has 0 bridgehead atoms. The number of carbonyl (C=O) groups is 2. The van der Waals surface area contributed by atoms with E-state index in [-0.39, 0.29) is 11.9 Å². The number of aromatic nitrogens is 1. The first-order valence-electron chi connectivity index (χ1n) is 8.29. The van der Waals surface area contributed by atoms with Crippen LogP contribution >= 0.6 is 22.9 Å². The van der Waals surface area contributed by atoms with Crippen molar-refractivity contribution in [1.82, 2.24) is 10.3 Å². The Bertz CT molecular complexity index is 962. The molecule has 7 heteroatoms. The number of ether oxygens (including phenoxy) is 1. The summed E-state index contributed by atoms with van der Waals surface area (Å²) in [6.07, 6.45) is 0. The molecule has 1 atom stereocenters. The van der Waals surface area contributed by atoms with Gasteiger partial charge in [-0.2, -0.15) is 0 Å². The summed E-state index contributed by atoms with van der Waals surface area (Å²) in [6.45, 7) is 3.47. The number of aryl methyl sites for hydroxylation is 1. The van der Waals surface area contributed by atoms with Gasteiger partial charge in [-0.15, -0.1) is 11.3 Å². The predicted octanol–water partition coefficient (Wildman–Crippen LogP) is 4.65. The van der Waals surface area contributed by atoms with E-state index in [2.05, 4.69) is 10.3 Å². The molecule has 0 radical (unpaired) electrons. The van der Waals surface area contributed by atoms with Gasteiger partial charge in [0.1, 0.15) is 5.69 Å². The van der Waals surface area contributed by atoms with Crippen LogP contribution in [-0.2, 0) is 4.74 Å². The number of H-pyrrole nitrogens is 1. The molecule has 1 amide bonds. The van der Waals surface area contributed by atoms with Gasteiger partial charge in [0.2, 0.25) is 0 Å². The molecule has 0 aliphatic rings. The van der Waals surface area contributed by atoms with Crippen LogP contribution in [0.25, 0.3) is 0 Å². The number of rotatable bonds is 5. The van der Waals surface area contributed by atoms with Gasteiger partial charge >= 0.3 is 5.97 Å². The SMILES string of the molecule is COC(=O)c1c(C)[nH]c(C(=O)NC(c2ccc(Cl)cc2)c2cccs2)c1C. The Morgan fingerprint density at radius 2 is 1.89 bits per heavy atom. The van der Waals surface area contributed by atoms with Crippen molar-refractivity contribution in [2.24, 2.45) is 0 Å². The summed E-state index contributed by atoms with van der Waals surface area (Å²) in [5.74, 6) is -0.757. The zero-order chi connectivity index (χ0) is 19.6. The van der Waals surface area contributed by atoms with E-state index < -0.39 is 5.97 Å². The minimum Gasteiger partial charge on any atom is -0.465 e. The molecule has 3 rings (SSSR count). The summed E-state index contributed by atoms with van der Waals surface area (Å²) in [5.41, 5.74) is 2.83. The van der Waals surface area contributed by atoms with Crippen LogP contribution in [-0.4, -0.2) is 24.0 Å². The second kappa shape index (κ2) is 7.98. The third-order valence-corrected chi connectivity index (χ3v) is 5.55. The summed E-state index contributed by atoms with van der Waals surface area (Å²) in [6, 6.07) is 11.0. The van der Waals surface area contributed by atoms with Crippen molar-refractivity contribution >= 4 is 34.8 Å². The average Bonchev–Trinajstić information content (AvgIpc) is 3.28. The van der Waals surface area contributed by atoms with Crippen LogP contribution in [0.15, 0.2) is 41.8 Å². The van der Waals surface area contributed by atoms with Crippen LogP contribution in [0.2, 0.25) is 5.02 Å². The van der Waals surface area contributed by atoms with Crippen molar-refractivity contribution in [2.45, 2.75) is 19.9 Å². The van der Waals surface area contributed by atoms with Crippen molar-refractivity contribution in [1.29, 1.82) is 0 Å². The summed E-state index contributed by atoms with van der Waals surface area (Å²) in [5, 5.41) is 5.65. The number of aromatic amines is 1. The van der Waals surface area contributed by atoms with Crippen LogP contribution in [0, 0.1) is 13.8 Å². The Hall–Kier alpha value is -2.57. The number of nitrogens with one attached hydrogen (secondary N) is 2. The second-order valence-corrected chi connectivity index (χ2v) is 7.51. The molecule has 0 aliphatic heterocycles. The van der Waals surface area contributed by atoms with E-state index in [4.69, 9.17) is 16.3 Å². The van der Waals surface area contributed by atoms with E-state index in [1.165, 1.54) is 7.11 Å². The molecule has 3 aromatic rings. The first kappa shape index (κ1) is 19.2. The molecular formula is C20H19ClN2O3S. The second-order valence-electron chi connectivity index (χ2n) is 6.09. The van der Waals surface area contributed by atoms with E-state index >= 15 is 0 Å². The van der Waals surface area contributed by atoms with E-state index in [0.717, 1.165) is 10.4 Å². The number of thiophene rings is 1. The van der Waals surface area contributed by atoms with Gasteiger partial charge in [0.25, 0.3) is 5.91 Å². The van der Waals surface area contributed by atoms with Gasteiger partial charge in [-0.1, -0.05) is 29.8 Å². The van der Waals surface area contributed by atoms with E-state index in [0.29, 0.717) is 27.5 Å². The van der Waals surface area contributed by atoms with Gasteiger partial charge in [-0.25, -0.2) is 4.79 Å². The zero-order valence-corrected chi connectivity index (χ0v) is 16.7. The lowest BCUT2D eigenvalue weighted by Crippen LogP contribution is -2.29. The lowest BCUT2D eigenvalue weighted by atomic mass is 10.0. The summed E-state index contributed by atoms with van der Waals surface area (Å²) in [4.78, 5) is 28.9. The standard InChI is InChI=1S/C20H19ClN2O3S/c1-11-16(20(25)26-3)12(2)22-17(11)19(24)23-18(15-5-4-10-27-15)13-6-8-14(21)9-7-13/h4-10,18,22H,1-3H3,(H,23,24). The number of methoxy groups -OCH3 is 1. The highest BCUT2D eigenvalue weighted by atomic mass is 35.5. The highest BCUT2D eigenvalue weighted by Gasteiger charge is 2.25. The molecule has 2 N–H and O–H groups in total. The molecule has 2 heterocycles. The highest BCUT2D eigenvalue weighted by Crippen LogP contribution is 2.28. The van der Waals surface area contributed by atoms with Crippen molar-refractivity contribution in [3.63, 3.8) is 0 Å². The third kappa shape index (κ3) is 3.91. The quantitative estimate of drug-likeness (QED) is 0.610. The number of hydrogen-bond donors (Lipinski definition) is 2. The number of benzene rings is 1.